The van der Waals surface area contributed by atoms with Crippen LogP contribution in [0.15, 0.2) is 30.3 Å². The molecule has 1 atom stereocenters. The minimum Gasteiger partial charge on any atom is -0.333 e. The van der Waals surface area contributed by atoms with E-state index in [1.54, 1.807) is 12.1 Å². The van der Waals surface area contributed by atoms with Crippen LogP contribution in [0.4, 0.5) is 4.79 Å². The molecule has 1 aromatic rings. The molecule has 2 N–H and O–H groups in total. The molecule has 0 heterocycles. The first-order chi connectivity index (χ1) is 9.63. The Kier molecular flexibility index (Phi) is 5.78. The number of rotatable bonds is 6. The van der Waals surface area contributed by atoms with Crippen molar-refractivity contribution in [3.05, 3.63) is 35.9 Å². The number of benzene rings is 1. The summed E-state index contributed by atoms with van der Waals surface area (Å²) in [6.07, 6.45) is 1.95. The van der Waals surface area contributed by atoms with E-state index in [9.17, 15) is 13.2 Å². The molecule has 6 heteroatoms. The zero-order chi connectivity index (χ0) is 16.1. The SMILES string of the molecule is CCC(C)(C)NC(=O)N[C@@H](CS(C)(=O)=O)c1ccccc1. The van der Waals surface area contributed by atoms with Crippen LogP contribution < -0.4 is 10.6 Å². The van der Waals surface area contributed by atoms with Crippen LogP contribution in [-0.4, -0.2) is 32.0 Å². The maximum absolute atomic E-state index is 12.1. The number of hydrogen-bond acceptors (Lipinski definition) is 3. The Hall–Kier alpha value is -1.56. The summed E-state index contributed by atoms with van der Waals surface area (Å²) in [6.45, 7) is 5.81. The minimum atomic E-state index is -3.21. The number of hydrogen-bond donors (Lipinski definition) is 2. The Morgan fingerprint density at radius 3 is 2.29 bits per heavy atom. The Balaban J connectivity index is 2.86. The number of carbonyl (C=O) groups excluding carboxylic acids is 1. The summed E-state index contributed by atoms with van der Waals surface area (Å²) in [5, 5.41) is 5.60. The number of urea groups is 1. The third-order valence-corrected chi connectivity index (χ3v) is 4.25. The quantitative estimate of drug-likeness (QED) is 0.846. The molecule has 0 saturated carbocycles. The molecule has 0 radical (unpaired) electrons. The van der Waals surface area contributed by atoms with Crippen molar-refractivity contribution in [2.75, 3.05) is 12.0 Å². The first-order valence-corrected chi connectivity index (χ1v) is 9.00. The van der Waals surface area contributed by atoms with Gasteiger partial charge in [0.25, 0.3) is 0 Å². The summed E-state index contributed by atoms with van der Waals surface area (Å²) in [7, 11) is -3.21. The first-order valence-electron chi connectivity index (χ1n) is 6.94. The Morgan fingerprint density at radius 2 is 1.81 bits per heavy atom. The number of carbonyl (C=O) groups is 1. The molecule has 0 aliphatic heterocycles. The van der Waals surface area contributed by atoms with Crippen molar-refractivity contribution < 1.29 is 13.2 Å². The van der Waals surface area contributed by atoms with Gasteiger partial charge in [-0.3, -0.25) is 0 Å². The summed E-state index contributed by atoms with van der Waals surface area (Å²) in [4.78, 5) is 12.1. The van der Waals surface area contributed by atoms with E-state index < -0.39 is 15.9 Å². The molecule has 2 amide bonds. The molecular formula is C15H24N2O3S. The molecule has 0 bridgehead atoms. The fourth-order valence-corrected chi connectivity index (χ4v) is 2.68. The van der Waals surface area contributed by atoms with Crippen LogP contribution in [0, 0.1) is 0 Å². The average Bonchev–Trinajstić information content (AvgIpc) is 2.37. The molecular weight excluding hydrogens is 288 g/mol. The van der Waals surface area contributed by atoms with Crippen molar-refractivity contribution in [1.29, 1.82) is 0 Å². The maximum atomic E-state index is 12.1. The lowest BCUT2D eigenvalue weighted by molar-refractivity contribution is 0.226. The van der Waals surface area contributed by atoms with Crippen LogP contribution in [0.1, 0.15) is 38.8 Å². The monoisotopic (exact) mass is 312 g/mol. The van der Waals surface area contributed by atoms with Crippen molar-refractivity contribution in [1.82, 2.24) is 10.6 Å². The molecule has 0 aliphatic rings. The topological polar surface area (TPSA) is 75.3 Å². The van der Waals surface area contributed by atoms with Crippen LogP contribution in [0.2, 0.25) is 0 Å². The van der Waals surface area contributed by atoms with Gasteiger partial charge in [0.1, 0.15) is 9.84 Å². The molecule has 0 unspecified atom stereocenters. The van der Waals surface area contributed by atoms with Crippen LogP contribution in [0.3, 0.4) is 0 Å². The highest BCUT2D eigenvalue weighted by atomic mass is 32.2. The molecule has 0 fully saturated rings. The zero-order valence-electron chi connectivity index (χ0n) is 13.0. The maximum Gasteiger partial charge on any atom is 0.315 e. The van der Waals surface area contributed by atoms with Crippen molar-refractivity contribution in [3.8, 4) is 0 Å². The highest BCUT2D eigenvalue weighted by Crippen LogP contribution is 2.15. The van der Waals surface area contributed by atoms with Crippen molar-refractivity contribution in [2.45, 2.75) is 38.8 Å². The predicted molar refractivity (Wildman–Crippen MR) is 84.9 cm³/mol. The molecule has 0 aliphatic carbocycles. The smallest absolute Gasteiger partial charge is 0.315 e. The van der Waals surface area contributed by atoms with Crippen molar-refractivity contribution >= 4 is 15.9 Å². The molecule has 21 heavy (non-hydrogen) atoms. The van der Waals surface area contributed by atoms with Gasteiger partial charge in [0.15, 0.2) is 0 Å². The molecule has 0 saturated heterocycles. The second-order valence-electron chi connectivity index (χ2n) is 5.89. The van der Waals surface area contributed by atoms with E-state index in [4.69, 9.17) is 0 Å². The Labute approximate surface area is 127 Å². The zero-order valence-corrected chi connectivity index (χ0v) is 13.8. The molecule has 0 spiro atoms. The normalized spacial score (nSPS) is 13.5. The van der Waals surface area contributed by atoms with Gasteiger partial charge in [-0.15, -0.1) is 0 Å². The van der Waals surface area contributed by atoms with Crippen molar-refractivity contribution in [3.63, 3.8) is 0 Å². The molecule has 1 aromatic carbocycles. The highest BCUT2D eigenvalue weighted by molar-refractivity contribution is 7.90. The lowest BCUT2D eigenvalue weighted by Gasteiger charge is -2.27. The standard InChI is InChI=1S/C15H24N2O3S/c1-5-15(2,3)17-14(18)16-13(11-21(4,19)20)12-9-7-6-8-10-12/h6-10,13H,5,11H2,1-4H3,(H2,16,17,18)/t13-/m0/s1. The highest BCUT2D eigenvalue weighted by Gasteiger charge is 2.23. The average molecular weight is 312 g/mol. The minimum absolute atomic E-state index is 0.128. The third-order valence-electron chi connectivity index (χ3n) is 3.31. The number of amides is 2. The van der Waals surface area contributed by atoms with Gasteiger partial charge in [-0.2, -0.15) is 0 Å². The van der Waals surface area contributed by atoms with Gasteiger partial charge in [0.2, 0.25) is 0 Å². The van der Waals surface area contributed by atoms with Crippen LogP contribution in [0.25, 0.3) is 0 Å². The lowest BCUT2D eigenvalue weighted by atomic mass is 10.0. The van der Waals surface area contributed by atoms with E-state index >= 15 is 0 Å². The van der Waals surface area contributed by atoms with Gasteiger partial charge in [0.05, 0.1) is 11.8 Å². The molecule has 1 rings (SSSR count). The summed E-state index contributed by atoms with van der Waals surface area (Å²) < 4.78 is 23.1. The van der Waals surface area contributed by atoms with Crippen LogP contribution in [-0.2, 0) is 9.84 Å². The van der Waals surface area contributed by atoms with Gasteiger partial charge >= 0.3 is 6.03 Å². The van der Waals surface area contributed by atoms with Gasteiger partial charge in [0, 0.05) is 11.8 Å². The Bertz CT molecular complexity index is 568. The van der Waals surface area contributed by atoms with Gasteiger partial charge in [-0.05, 0) is 25.8 Å². The first kappa shape index (κ1) is 17.5. The van der Waals surface area contributed by atoms with E-state index in [-0.39, 0.29) is 17.3 Å². The van der Waals surface area contributed by atoms with Crippen LogP contribution in [0.5, 0.6) is 0 Å². The fraction of sp³-hybridized carbons (Fsp3) is 0.533. The van der Waals surface area contributed by atoms with Gasteiger partial charge < -0.3 is 10.6 Å². The van der Waals surface area contributed by atoms with E-state index in [0.717, 1.165) is 12.0 Å². The summed E-state index contributed by atoms with van der Waals surface area (Å²) >= 11 is 0. The molecule has 5 nitrogen and oxygen atoms in total. The largest absolute Gasteiger partial charge is 0.333 e. The number of nitrogens with one attached hydrogen (secondary N) is 2. The lowest BCUT2D eigenvalue weighted by Crippen LogP contribution is -2.49. The van der Waals surface area contributed by atoms with Gasteiger partial charge in [-0.25, -0.2) is 13.2 Å². The Morgan fingerprint density at radius 1 is 1.24 bits per heavy atom. The van der Waals surface area contributed by atoms with Crippen molar-refractivity contribution in [2.24, 2.45) is 0 Å². The van der Waals surface area contributed by atoms with E-state index in [0.29, 0.717) is 0 Å². The second kappa shape index (κ2) is 6.93. The summed E-state index contributed by atoms with van der Waals surface area (Å²) in [5.74, 6) is -0.128. The fourth-order valence-electron chi connectivity index (χ4n) is 1.80. The second-order valence-corrected chi connectivity index (χ2v) is 8.08. The predicted octanol–water partition coefficient (Wildman–Crippen LogP) is 2.26. The van der Waals surface area contributed by atoms with E-state index in [1.807, 2.05) is 39.0 Å². The number of sulfone groups is 1. The van der Waals surface area contributed by atoms with E-state index in [2.05, 4.69) is 10.6 Å². The molecule has 118 valence electrons. The van der Waals surface area contributed by atoms with E-state index in [1.165, 1.54) is 6.26 Å². The summed E-state index contributed by atoms with van der Waals surface area (Å²) in [6, 6.07) is 8.18. The van der Waals surface area contributed by atoms with Gasteiger partial charge in [-0.1, -0.05) is 37.3 Å². The third kappa shape index (κ3) is 6.62. The molecule has 0 aromatic heterocycles. The summed E-state index contributed by atoms with van der Waals surface area (Å²) in [5.41, 5.74) is 0.434. The van der Waals surface area contributed by atoms with Crippen LogP contribution >= 0.6 is 0 Å².